The summed E-state index contributed by atoms with van der Waals surface area (Å²) in [5, 5.41) is 3.36. The molecular formula is C14H29N3O3S. The largest absolute Gasteiger partial charge is 0.379 e. The Balaban J connectivity index is 2.04. The molecule has 0 aromatic carbocycles. The number of rotatable bonds is 6. The molecule has 2 atom stereocenters. The smallest absolute Gasteiger partial charge is 0.280 e. The summed E-state index contributed by atoms with van der Waals surface area (Å²) in [6, 6.07) is 0.412. The van der Waals surface area contributed by atoms with Gasteiger partial charge in [0.25, 0.3) is 10.2 Å². The number of hydrogen-bond donors (Lipinski definition) is 2. The van der Waals surface area contributed by atoms with E-state index in [4.69, 9.17) is 4.74 Å². The molecule has 21 heavy (non-hydrogen) atoms. The highest BCUT2D eigenvalue weighted by atomic mass is 32.2. The Kier molecular flexibility index (Phi) is 5.65. The monoisotopic (exact) mass is 319 g/mol. The van der Waals surface area contributed by atoms with Crippen LogP contribution in [0.5, 0.6) is 0 Å². The van der Waals surface area contributed by atoms with E-state index in [9.17, 15) is 8.42 Å². The van der Waals surface area contributed by atoms with Crippen molar-refractivity contribution in [3.05, 3.63) is 0 Å². The molecule has 2 aliphatic rings. The molecule has 0 bridgehead atoms. The quantitative estimate of drug-likeness (QED) is 0.761. The Morgan fingerprint density at radius 3 is 2.76 bits per heavy atom. The lowest BCUT2D eigenvalue weighted by atomic mass is 10.0. The van der Waals surface area contributed by atoms with Gasteiger partial charge in [-0.05, 0) is 26.2 Å². The lowest BCUT2D eigenvalue weighted by molar-refractivity contribution is 0.175. The molecule has 124 valence electrons. The molecule has 0 aliphatic carbocycles. The zero-order valence-electron chi connectivity index (χ0n) is 13.4. The average molecular weight is 319 g/mol. The van der Waals surface area contributed by atoms with E-state index in [1.54, 1.807) is 4.31 Å². The van der Waals surface area contributed by atoms with Crippen LogP contribution in [0.25, 0.3) is 0 Å². The highest BCUT2D eigenvalue weighted by Crippen LogP contribution is 2.24. The SMILES string of the molecule is CC(C)NCC1CCCCN1S(=O)(=O)NC1(C)CCOC1. The molecule has 0 radical (unpaired) electrons. The Hall–Kier alpha value is -0.210. The fourth-order valence-corrected chi connectivity index (χ4v) is 4.83. The molecule has 0 saturated carbocycles. The van der Waals surface area contributed by atoms with Gasteiger partial charge in [0, 0.05) is 31.8 Å². The first-order valence-electron chi connectivity index (χ1n) is 7.94. The first kappa shape index (κ1) is 17.1. The predicted octanol–water partition coefficient (Wildman–Crippen LogP) is 0.852. The molecule has 0 aromatic rings. The number of piperidine rings is 1. The number of nitrogens with one attached hydrogen (secondary N) is 2. The maximum Gasteiger partial charge on any atom is 0.280 e. The summed E-state index contributed by atoms with van der Waals surface area (Å²) < 4.78 is 35.3. The van der Waals surface area contributed by atoms with E-state index >= 15 is 0 Å². The minimum Gasteiger partial charge on any atom is -0.379 e. The van der Waals surface area contributed by atoms with Gasteiger partial charge >= 0.3 is 0 Å². The molecule has 7 heteroatoms. The molecule has 0 spiro atoms. The van der Waals surface area contributed by atoms with Crippen molar-refractivity contribution in [2.75, 3.05) is 26.3 Å². The van der Waals surface area contributed by atoms with Gasteiger partial charge in [-0.25, -0.2) is 0 Å². The van der Waals surface area contributed by atoms with Gasteiger partial charge in [-0.3, -0.25) is 0 Å². The van der Waals surface area contributed by atoms with Crippen LogP contribution in [0.1, 0.15) is 46.5 Å². The third-order valence-electron chi connectivity index (χ3n) is 4.24. The van der Waals surface area contributed by atoms with Crippen LogP contribution in [0, 0.1) is 0 Å². The van der Waals surface area contributed by atoms with Crippen molar-refractivity contribution in [1.82, 2.24) is 14.3 Å². The Labute approximate surface area is 128 Å². The Morgan fingerprint density at radius 2 is 2.14 bits per heavy atom. The lowest BCUT2D eigenvalue weighted by Gasteiger charge is -2.37. The van der Waals surface area contributed by atoms with Gasteiger partial charge in [0.2, 0.25) is 0 Å². The van der Waals surface area contributed by atoms with Crippen LogP contribution in [0.15, 0.2) is 0 Å². The molecule has 6 nitrogen and oxygen atoms in total. The second-order valence-electron chi connectivity index (χ2n) is 6.79. The second kappa shape index (κ2) is 6.91. The molecule has 2 aliphatic heterocycles. The summed E-state index contributed by atoms with van der Waals surface area (Å²) in [6.07, 6.45) is 3.69. The van der Waals surface area contributed by atoms with E-state index in [1.807, 2.05) is 6.92 Å². The fourth-order valence-electron chi connectivity index (χ4n) is 2.98. The molecule has 0 aromatic heterocycles. The highest BCUT2D eigenvalue weighted by molar-refractivity contribution is 7.87. The van der Waals surface area contributed by atoms with Crippen LogP contribution in [-0.2, 0) is 14.9 Å². The zero-order chi connectivity index (χ0) is 15.5. The van der Waals surface area contributed by atoms with E-state index in [0.29, 0.717) is 32.3 Å². The van der Waals surface area contributed by atoms with Gasteiger partial charge in [-0.2, -0.15) is 17.4 Å². The van der Waals surface area contributed by atoms with Gasteiger partial charge in [-0.1, -0.05) is 20.3 Å². The van der Waals surface area contributed by atoms with E-state index in [0.717, 1.165) is 25.7 Å². The molecule has 2 unspecified atom stereocenters. The lowest BCUT2D eigenvalue weighted by Crippen LogP contribution is -2.57. The molecule has 2 N–H and O–H groups in total. The van der Waals surface area contributed by atoms with Gasteiger partial charge in [0.15, 0.2) is 0 Å². The molecule has 2 saturated heterocycles. The number of nitrogens with zero attached hydrogens (tertiary/aromatic N) is 1. The normalized spacial score (nSPS) is 31.9. The standard InChI is InChI=1S/C14H29N3O3S/c1-12(2)15-10-13-6-4-5-8-17(13)21(18,19)16-14(3)7-9-20-11-14/h12-13,15-16H,4-11H2,1-3H3. The van der Waals surface area contributed by atoms with E-state index < -0.39 is 15.7 Å². The van der Waals surface area contributed by atoms with Gasteiger partial charge in [-0.15, -0.1) is 0 Å². The third kappa shape index (κ3) is 4.63. The molecule has 2 rings (SSSR count). The first-order chi connectivity index (χ1) is 9.82. The van der Waals surface area contributed by atoms with Gasteiger partial charge in [0.1, 0.15) is 0 Å². The third-order valence-corrected chi connectivity index (χ3v) is 6.09. The van der Waals surface area contributed by atoms with Crippen LogP contribution in [0.3, 0.4) is 0 Å². The zero-order valence-corrected chi connectivity index (χ0v) is 14.2. The molecule has 2 fully saturated rings. The van der Waals surface area contributed by atoms with E-state index in [1.165, 1.54) is 0 Å². The minimum absolute atomic E-state index is 0.0459. The van der Waals surface area contributed by atoms with Crippen molar-refractivity contribution >= 4 is 10.2 Å². The number of hydrogen-bond acceptors (Lipinski definition) is 4. The average Bonchev–Trinajstić information content (AvgIpc) is 2.82. The summed E-state index contributed by atoms with van der Waals surface area (Å²) in [6.45, 7) is 8.48. The molecular weight excluding hydrogens is 290 g/mol. The van der Waals surface area contributed by atoms with Crippen molar-refractivity contribution < 1.29 is 13.2 Å². The maximum atomic E-state index is 12.7. The van der Waals surface area contributed by atoms with Gasteiger partial charge < -0.3 is 10.1 Å². The van der Waals surface area contributed by atoms with Crippen molar-refractivity contribution in [3.63, 3.8) is 0 Å². The van der Waals surface area contributed by atoms with E-state index in [-0.39, 0.29) is 6.04 Å². The van der Waals surface area contributed by atoms with Crippen LogP contribution < -0.4 is 10.0 Å². The highest BCUT2D eigenvalue weighted by Gasteiger charge is 2.39. The van der Waals surface area contributed by atoms with Crippen LogP contribution >= 0.6 is 0 Å². The predicted molar refractivity (Wildman–Crippen MR) is 83.4 cm³/mol. The van der Waals surface area contributed by atoms with Crippen LogP contribution in [-0.4, -0.2) is 56.6 Å². The van der Waals surface area contributed by atoms with Crippen molar-refractivity contribution in [3.8, 4) is 0 Å². The summed E-state index contributed by atoms with van der Waals surface area (Å²) >= 11 is 0. The van der Waals surface area contributed by atoms with Crippen LogP contribution in [0.4, 0.5) is 0 Å². The topological polar surface area (TPSA) is 70.7 Å². The van der Waals surface area contributed by atoms with Crippen molar-refractivity contribution in [2.45, 2.75) is 64.1 Å². The molecule has 0 amide bonds. The van der Waals surface area contributed by atoms with Crippen molar-refractivity contribution in [1.29, 1.82) is 0 Å². The van der Waals surface area contributed by atoms with Crippen LogP contribution in [0.2, 0.25) is 0 Å². The Bertz CT molecular complexity index is 433. The minimum atomic E-state index is -3.46. The fraction of sp³-hybridized carbons (Fsp3) is 1.00. The maximum absolute atomic E-state index is 12.7. The summed E-state index contributed by atoms with van der Waals surface area (Å²) in [5.74, 6) is 0. The molecule has 2 heterocycles. The summed E-state index contributed by atoms with van der Waals surface area (Å²) in [7, 11) is -3.46. The second-order valence-corrected chi connectivity index (χ2v) is 8.42. The van der Waals surface area contributed by atoms with Gasteiger partial charge in [0.05, 0.1) is 12.1 Å². The summed E-state index contributed by atoms with van der Waals surface area (Å²) in [5.41, 5.74) is -0.466. The number of ether oxygens (including phenoxy) is 1. The summed E-state index contributed by atoms with van der Waals surface area (Å²) in [4.78, 5) is 0. The van der Waals surface area contributed by atoms with Crippen molar-refractivity contribution in [2.24, 2.45) is 0 Å². The van der Waals surface area contributed by atoms with E-state index in [2.05, 4.69) is 23.9 Å². The first-order valence-corrected chi connectivity index (χ1v) is 9.38. The Morgan fingerprint density at radius 1 is 1.38 bits per heavy atom.